The van der Waals surface area contributed by atoms with Gasteiger partial charge in [-0.3, -0.25) is 9.59 Å². The SMILES string of the molecule is Cc1cc(C(=O)N2CCN(C(=O)OC(C)(C)C)C[C@H]2Cc2ccc(OCC(=O)O)cc2)c(-c2ccccc2)n1-c1ccccc1.Cc1oc(=O)oc1COC(=O)COc1ccc(C[C@@H]2CN(C(=O)O)CCN2C(=O)c2cc(C)n(-c3ccccc3)c2-c2ccccc2)cc1. The summed E-state index contributed by atoms with van der Waals surface area (Å²) < 4.78 is 35.4. The fourth-order valence-electron chi connectivity index (χ4n) is 11.7. The Bertz CT molecular complexity index is 4180. The summed E-state index contributed by atoms with van der Waals surface area (Å²) in [6, 6.07) is 56.8. The van der Waals surface area contributed by atoms with E-state index in [1.54, 1.807) is 34.1 Å². The minimum Gasteiger partial charge on any atom is -0.482 e. The smallest absolute Gasteiger partial charge is 0.482 e. The van der Waals surface area contributed by atoms with E-state index in [0.29, 0.717) is 55.1 Å². The lowest BCUT2D eigenvalue weighted by Gasteiger charge is -2.42. The van der Waals surface area contributed by atoms with Gasteiger partial charge in [0.25, 0.3) is 11.8 Å². The zero-order valence-electron chi connectivity index (χ0n) is 53.1. The average Bonchev–Trinajstić information content (AvgIpc) is 1.59. The number of carboxylic acid groups (broad SMARTS) is 2. The number of hydrogen-bond acceptors (Lipinski definition) is 13. The molecule has 2 aliphatic rings. The molecule has 6 aromatic carbocycles. The van der Waals surface area contributed by atoms with Crippen molar-refractivity contribution in [2.75, 3.05) is 52.5 Å². The molecular weight excluding hydrogens is 1200 g/mol. The number of benzene rings is 6. The van der Waals surface area contributed by atoms with Crippen LogP contribution in [0, 0.1) is 20.8 Å². The van der Waals surface area contributed by atoms with Gasteiger partial charge in [0.1, 0.15) is 17.1 Å². The van der Waals surface area contributed by atoms with Gasteiger partial charge in [0.2, 0.25) is 0 Å². The van der Waals surface area contributed by atoms with Gasteiger partial charge in [0, 0.05) is 62.0 Å². The Balaban J connectivity index is 0.000000206. The summed E-state index contributed by atoms with van der Waals surface area (Å²) in [6.07, 6.45) is -0.572. The fourth-order valence-corrected chi connectivity index (χ4v) is 11.7. The van der Waals surface area contributed by atoms with Crippen molar-refractivity contribution >= 4 is 35.9 Å². The third-order valence-electron chi connectivity index (χ3n) is 16.1. The van der Waals surface area contributed by atoms with E-state index in [1.165, 1.54) is 11.8 Å². The highest BCUT2D eigenvalue weighted by Crippen LogP contribution is 2.36. The van der Waals surface area contributed by atoms with Crippen LogP contribution in [0.1, 0.15) is 75.5 Å². The van der Waals surface area contributed by atoms with Gasteiger partial charge in [-0.05, 0) is 137 Å². The van der Waals surface area contributed by atoms with E-state index < -0.39 is 48.2 Å². The van der Waals surface area contributed by atoms with Crippen LogP contribution in [-0.2, 0) is 38.5 Å². The number of carboxylic acids is 1. The van der Waals surface area contributed by atoms with E-state index >= 15 is 0 Å². The maximum Gasteiger partial charge on any atom is 0.519 e. The summed E-state index contributed by atoms with van der Waals surface area (Å²) in [7, 11) is 0. The van der Waals surface area contributed by atoms with E-state index in [9.17, 15) is 38.7 Å². The molecule has 0 aliphatic carbocycles. The second kappa shape index (κ2) is 29.5. The molecule has 5 heterocycles. The van der Waals surface area contributed by atoms with E-state index in [-0.39, 0.29) is 62.2 Å². The number of piperazine rings is 2. The van der Waals surface area contributed by atoms with Crippen LogP contribution in [0.4, 0.5) is 9.59 Å². The molecule has 2 N–H and O–H groups in total. The summed E-state index contributed by atoms with van der Waals surface area (Å²) >= 11 is 0. The highest BCUT2D eigenvalue weighted by atomic mass is 16.6. The van der Waals surface area contributed by atoms with Crippen LogP contribution in [0.2, 0.25) is 0 Å². The summed E-state index contributed by atoms with van der Waals surface area (Å²) in [4.78, 5) is 95.1. The zero-order valence-corrected chi connectivity index (χ0v) is 53.1. The Morgan fingerprint density at radius 1 is 0.532 bits per heavy atom. The molecule has 21 nitrogen and oxygen atoms in total. The Morgan fingerprint density at radius 3 is 1.37 bits per heavy atom. The lowest BCUT2D eigenvalue weighted by molar-refractivity contribution is -0.148. The van der Waals surface area contributed by atoms with E-state index in [0.717, 1.165) is 56.4 Å². The molecule has 2 atom stereocenters. The quantitative estimate of drug-likeness (QED) is 0.0759. The van der Waals surface area contributed by atoms with Crippen molar-refractivity contribution in [2.45, 2.75) is 78.7 Å². The molecular formula is C73H74N6O15. The molecule has 0 bridgehead atoms. The standard InChI is InChI=1S/C37H35N3O9.C36H39N3O6/c1-24-19-31(34(27-9-5-3-6-10-27)40(24)28-11-7-4-8-12-28)35(42)39-18-17-38(36(43)44)21-29(39)20-26-13-15-30(16-14-26)46-23-33(41)47-22-32-25(2)48-37(45)49-32;1-25-21-31(33(27-11-7-5-8-12-27)39(25)28-13-9-6-10-14-28)34(42)38-20-19-37(35(43)45-36(2,3)4)23-29(38)22-26-15-17-30(18-16-26)44-24-32(40)41/h3-16,19,29H,17-18,20-23H2,1-2H3,(H,43,44);5-18,21,29H,19-20,22-24H2,1-4H3,(H,40,41)/t2*29-/m11/s1. The van der Waals surface area contributed by atoms with Gasteiger partial charge in [-0.1, -0.05) is 121 Å². The molecule has 0 unspecified atom stereocenters. The van der Waals surface area contributed by atoms with Crippen LogP contribution in [-0.4, -0.2) is 145 Å². The number of para-hydroxylation sites is 2. The molecule has 4 amide bonds. The normalized spacial score (nSPS) is 14.7. The number of carbonyl (C=O) groups is 6. The van der Waals surface area contributed by atoms with Crippen LogP contribution in [0.25, 0.3) is 33.9 Å². The number of aryl methyl sites for hydroxylation is 3. The third kappa shape index (κ3) is 16.1. The maximum absolute atomic E-state index is 14.6. The molecule has 0 saturated carbocycles. The highest BCUT2D eigenvalue weighted by Gasteiger charge is 2.38. The zero-order chi connectivity index (χ0) is 66.6. The van der Waals surface area contributed by atoms with E-state index in [1.807, 2.05) is 197 Å². The number of amides is 4. The molecule has 0 radical (unpaired) electrons. The van der Waals surface area contributed by atoms with Gasteiger partial charge in [0.15, 0.2) is 31.3 Å². The first-order chi connectivity index (χ1) is 45.2. The lowest BCUT2D eigenvalue weighted by atomic mass is 10.00. The number of aromatic nitrogens is 2. The molecule has 0 spiro atoms. The number of carbonyl (C=O) groups excluding carboxylic acids is 4. The first-order valence-corrected chi connectivity index (χ1v) is 30.8. The summed E-state index contributed by atoms with van der Waals surface area (Å²) in [6.45, 7) is 11.5. The van der Waals surface area contributed by atoms with Gasteiger partial charge in [-0.2, -0.15) is 0 Å². The molecule has 2 aliphatic heterocycles. The van der Waals surface area contributed by atoms with Gasteiger partial charge in [-0.15, -0.1) is 0 Å². The number of rotatable bonds is 18. The van der Waals surface area contributed by atoms with Crippen LogP contribution in [0.3, 0.4) is 0 Å². The van der Waals surface area contributed by atoms with E-state index in [4.69, 9.17) is 32.9 Å². The Morgan fingerprint density at radius 2 is 0.957 bits per heavy atom. The third-order valence-corrected chi connectivity index (χ3v) is 16.1. The number of ether oxygens (including phenoxy) is 4. The minimum atomic E-state index is -1.05. The average molecular weight is 1280 g/mol. The van der Waals surface area contributed by atoms with Gasteiger partial charge < -0.3 is 66.7 Å². The maximum atomic E-state index is 14.6. The minimum absolute atomic E-state index is 0.109. The molecule has 3 aromatic heterocycles. The molecule has 2 saturated heterocycles. The van der Waals surface area contributed by atoms with Gasteiger partial charge in [0.05, 0.1) is 34.6 Å². The summed E-state index contributed by atoms with van der Waals surface area (Å²) in [5.41, 5.74) is 9.42. The molecule has 94 heavy (non-hydrogen) atoms. The predicted octanol–water partition coefficient (Wildman–Crippen LogP) is 11.7. The monoisotopic (exact) mass is 1270 g/mol. The number of esters is 1. The largest absolute Gasteiger partial charge is 0.519 e. The second-order valence-corrected chi connectivity index (χ2v) is 23.9. The molecule has 2 fully saturated rings. The van der Waals surface area contributed by atoms with Crippen molar-refractivity contribution in [2.24, 2.45) is 0 Å². The van der Waals surface area contributed by atoms with Crippen molar-refractivity contribution in [3.05, 3.63) is 238 Å². The van der Waals surface area contributed by atoms with Crippen molar-refractivity contribution in [3.63, 3.8) is 0 Å². The topological polar surface area (TPSA) is 246 Å². The number of aliphatic carboxylic acids is 1. The van der Waals surface area contributed by atoms with Gasteiger partial charge in [-0.25, -0.2) is 24.0 Å². The van der Waals surface area contributed by atoms with Crippen LogP contribution < -0.4 is 15.3 Å². The fraction of sp³-hybridized carbons (Fsp3) is 0.274. The lowest BCUT2D eigenvalue weighted by Crippen LogP contribution is -2.57. The Labute approximate surface area is 543 Å². The summed E-state index contributed by atoms with van der Waals surface area (Å²) in [5, 5.41) is 18.8. The summed E-state index contributed by atoms with van der Waals surface area (Å²) in [5.74, 6) is -1.65. The van der Waals surface area contributed by atoms with Gasteiger partial charge >= 0.3 is 29.9 Å². The van der Waals surface area contributed by atoms with Crippen LogP contribution in [0.15, 0.2) is 196 Å². The van der Waals surface area contributed by atoms with E-state index in [2.05, 4.69) is 9.13 Å². The van der Waals surface area contributed by atoms with Crippen molar-refractivity contribution in [3.8, 4) is 45.4 Å². The molecule has 21 heteroatoms. The van der Waals surface area contributed by atoms with Crippen molar-refractivity contribution in [1.29, 1.82) is 0 Å². The number of hydrogen-bond donors (Lipinski definition) is 2. The molecule has 11 rings (SSSR count). The second-order valence-electron chi connectivity index (χ2n) is 23.9. The Kier molecular flexibility index (Phi) is 20.6. The van der Waals surface area contributed by atoms with Crippen molar-refractivity contribution in [1.82, 2.24) is 28.7 Å². The first kappa shape index (κ1) is 65.8. The highest BCUT2D eigenvalue weighted by molar-refractivity contribution is 6.02. The van der Waals surface area contributed by atoms with Crippen LogP contribution >= 0.6 is 0 Å². The van der Waals surface area contributed by atoms with Crippen LogP contribution in [0.5, 0.6) is 11.5 Å². The molecule has 9 aromatic rings. The van der Waals surface area contributed by atoms with Crippen molar-refractivity contribution < 1.29 is 66.8 Å². The molecule has 486 valence electrons. The number of nitrogens with zero attached hydrogens (tertiary/aromatic N) is 6. The first-order valence-electron chi connectivity index (χ1n) is 30.8. The Hall–Kier alpha value is -11.1. The predicted molar refractivity (Wildman–Crippen MR) is 350 cm³/mol.